The Morgan fingerprint density at radius 1 is 1.26 bits per heavy atom. The molecule has 2 aromatic rings. The predicted octanol–water partition coefficient (Wildman–Crippen LogP) is 3.54. The molecule has 0 aromatic heterocycles. The zero-order valence-electron chi connectivity index (χ0n) is 10.3. The molecule has 0 aliphatic rings. The molecule has 0 amide bonds. The molecule has 96 valence electrons. The van der Waals surface area contributed by atoms with E-state index in [0.29, 0.717) is 11.3 Å². The van der Waals surface area contributed by atoms with Crippen LogP contribution in [0.4, 0.5) is 4.39 Å². The van der Waals surface area contributed by atoms with Crippen molar-refractivity contribution >= 4 is 0 Å². The van der Waals surface area contributed by atoms with Gasteiger partial charge in [0.2, 0.25) is 0 Å². The van der Waals surface area contributed by atoms with Gasteiger partial charge in [-0.1, -0.05) is 12.1 Å². The second kappa shape index (κ2) is 5.51. The van der Waals surface area contributed by atoms with Crippen LogP contribution in [0, 0.1) is 17.1 Å². The summed E-state index contributed by atoms with van der Waals surface area (Å²) in [6.45, 7) is 1.47. The minimum Gasteiger partial charge on any atom is -0.457 e. The average molecular weight is 257 g/mol. The highest BCUT2D eigenvalue weighted by Gasteiger charge is 2.15. The van der Waals surface area contributed by atoms with Crippen molar-refractivity contribution in [2.45, 2.75) is 13.0 Å². The molecular formula is C15H12FNO2. The standard InChI is InChI=1S/C15H12FNO2/c1-10(18)15-13(16)6-3-7-14(15)19-12-5-2-4-11(8-12)9-17/h2-8,10,18H,1H3/t10-/m1/s1. The van der Waals surface area contributed by atoms with Gasteiger partial charge in [-0.2, -0.15) is 5.26 Å². The smallest absolute Gasteiger partial charge is 0.136 e. The maximum Gasteiger partial charge on any atom is 0.136 e. The highest BCUT2D eigenvalue weighted by atomic mass is 19.1. The van der Waals surface area contributed by atoms with Gasteiger partial charge in [-0.3, -0.25) is 0 Å². The minimum atomic E-state index is -0.977. The molecule has 1 N–H and O–H groups in total. The lowest BCUT2D eigenvalue weighted by Crippen LogP contribution is -1.99. The van der Waals surface area contributed by atoms with Crippen LogP contribution in [-0.4, -0.2) is 5.11 Å². The molecule has 2 rings (SSSR count). The first-order chi connectivity index (χ1) is 9.11. The first-order valence-corrected chi connectivity index (χ1v) is 5.76. The minimum absolute atomic E-state index is 0.102. The van der Waals surface area contributed by atoms with E-state index in [0.717, 1.165) is 0 Å². The zero-order valence-corrected chi connectivity index (χ0v) is 10.3. The summed E-state index contributed by atoms with van der Waals surface area (Å²) < 4.78 is 19.2. The summed E-state index contributed by atoms with van der Waals surface area (Å²) in [4.78, 5) is 0. The lowest BCUT2D eigenvalue weighted by atomic mass is 10.1. The molecule has 0 unspecified atom stereocenters. The molecule has 1 atom stereocenters. The Morgan fingerprint density at radius 2 is 2.00 bits per heavy atom. The topological polar surface area (TPSA) is 53.2 Å². The number of rotatable bonds is 3. The van der Waals surface area contributed by atoms with Crippen molar-refractivity contribution in [1.29, 1.82) is 5.26 Å². The number of hydrogen-bond acceptors (Lipinski definition) is 3. The molecule has 0 saturated heterocycles. The molecule has 2 aromatic carbocycles. The van der Waals surface area contributed by atoms with E-state index in [1.165, 1.54) is 19.1 Å². The summed E-state index contributed by atoms with van der Waals surface area (Å²) in [6.07, 6.45) is -0.977. The SMILES string of the molecule is C[C@@H](O)c1c(F)cccc1Oc1cccc(C#N)c1. The summed E-state index contributed by atoms with van der Waals surface area (Å²) in [5.41, 5.74) is 0.553. The van der Waals surface area contributed by atoms with E-state index in [9.17, 15) is 9.50 Å². The van der Waals surface area contributed by atoms with Gasteiger partial charge in [-0.25, -0.2) is 4.39 Å². The molecule has 3 nitrogen and oxygen atoms in total. The zero-order chi connectivity index (χ0) is 13.8. The number of nitrogens with zero attached hydrogens (tertiary/aromatic N) is 1. The summed E-state index contributed by atoms with van der Waals surface area (Å²) in [5, 5.41) is 18.4. The van der Waals surface area contributed by atoms with Crippen LogP contribution in [0.25, 0.3) is 0 Å². The fraction of sp³-hybridized carbons (Fsp3) is 0.133. The Balaban J connectivity index is 2.38. The molecule has 0 radical (unpaired) electrons. The van der Waals surface area contributed by atoms with Gasteiger partial charge in [-0.15, -0.1) is 0 Å². The third kappa shape index (κ3) is 2.90. The normalized spacial score (nSPS) is 11.7. The van der Waals surface area contributed by atoms with Gasteiger partial charge < -0.3 is 9.84 Å². The quantitative estimate of drug-likeness (QED) is 0.914. The first-order valence-electron chi connectivity index (χ1n) is 5.76. The van der Waals surface area contributed by atoms with Crippen molar-refractivity contribution in [2.75, 3.05) is 0 Å². The second-order valence-corrected chi connectivity index (χ2v) is 4.07. The third-order valence-corrected chi connectivity index (χ3v) is 2.62. The summed E-state index contributed by atoms with van der Waals surface area (Å²) in [7, 11) is 0. The largest absolute Gasteiger partial charge is 0.457 e. The molecule has 0 heterocycles. The van der Waals surface area contributed by atoms with Crippen LogP contribution >= 0.6 is 0 Å². The van der Waals surface area contributed by atoms with E-state index in [1.54, 1.807) is 30.3 Å². The number of ether oxygens (including phenoxy) is 1. The molecule has 0 bridgehead atoms. The maximum atomic E-state index is 13.7. The van der Waals surface area contributed by atoms with E-state index in [1.807, 2.05) is 6.07 Å². The summed E-state index contributed by atoms with van der Waals surface area (Å²) in [6, 6.07) is 12.9. The van der Waals surface area contributed by atoms with Crippen molar-refractivity contribution in [3.8, 4) is 17.6 Å². The fourth-order valence-corrected chi connectivity index (χ4v) is 1.77. The van der Waals surface area contributed by atoms with Crippen LogP contribution in [0.2, 0.25) is 0 Å². The van der Waals surface area contributed by atoms with E-state index in [2.05, 4.69) is 0 Å². The molecule has 19 heavy (non-hydrogen) atoms. The molecule has 0 aliphatic carbocycles. The van der Waals surface area contributed by atoms with Gasteiger partial charge in [0.15, 0.2) is 0 Å². The number of aliphatic hydroxyl groups is 1. The summed E-state index contributed by atoms with van der Waals surface area (Å²) in [5.74, 6) is 0.139. The molecule has 0 fully saturated rings. The molecule has 0 spiro atoms. The Kier molecular flexibility index (Phi) is 3.79. The first kappa shape index (κ1) is 13.1. The van der Waals surface area contributed by atoms with E-state index in [4.69, 9.17) is 10.00 Å². The second-order valence-electron chi connectivity index (χ2n) is 4.07. The van der Waals surface area contributed by atoms with Gasteiger partial charge in [0.05, 0.1) is 23.3 Å². The number of hydrogen-bond donors (Lipinski definition) is 1. The summed E-state index contributed by atoms with van der Waals surface area (Å²) >= 11 is 0. The van der Waals surface area contributed by atoms with Crippen LogP contribution in [0.5, 0.6) is 11.5 Å². The highest BCUT2D eigenvalue weighted by Crippen LogP contribution is 2.31. The number of halogens is 1. The van der Waals surface area contributed by atoms with E-state index < -0.39 is 11.9 Å². The number of aliphatic hydroxyl groups excluding tert-OH is 1. The Bertz CT molecular complexity index is 632. The van der Waals surface area contributed by atoms with Crippen LogP contribution in [0.15, 0.2) is 42.5 Å². The van der Waals surface area contributed by atoms with E-state index >= 15 is 0 Å². The van der Waals surface area contributed by atoms with Crippen LogP contribution < -0.4 is 4.74 Å². The Labute approximate surface area is 110 Å². The van der Waals surface area contributed by atoms with Gasteiger partial charge in [0.25, 0.3) is 0 Å². The molecular weight excluding hydrogens is 245 g/mol. The monoisotopic (exact) mass is 257 g/mol. The number of benzene rings is 2. The molecule has 0 aliphatic heterocycles. The molecule has 4 heteroatoms. The third-order valence-electron chi connectivity index (χ3n) is 2.62. The van der Waals surface area contributed by atoms with Crippen molar-refractivity contribution < 1.29 is 14.2 Å². The van der Waals surface area contributed by atoms with Crippen LogP contribution in [0.3, 0.4) is 0 Å². The van der Waals surface area contributed by atoms with Crippen molar-refractivity contribution in [2.24, 2.45) is 0 Å². The van der Waals surface area contributed by atoms with Gasteiger partial charge in [-0.05, 0) is 37.3 Å². The van der Waals surface area contributed by atoms with Crippen molar-refractivity contribution in [3.05, 3.63) is 59.4 Å². The van der Waals surface area contributed by atoms with Crippen LogP contribution in [-0.2, 0) is 0 Å². The highest BCUT2D eigenvalue weighted by molar-refractivity contribution is 5.42. The predicted molar refractivity (Wildman–Crippen MR) is 68.3 cm³/mol. The lowest BCUT2D eigenvalue weighted by Gasteiger charge is -2.13. The van der Waals surface area contributed by atoms with E-state index in [-0.39, 0.29) is 11.3 Å². The van der Waals surface area contributed by atoms with Crippen molar-refractivity contribution in [3.63, 3.8) is 0 Å². The Morgan fingerprint density at radius 3 is 2.68 bits per heavy atom. The van der Waals surface area contributed by atoms with Gasteiger partial charge in [0, 0.05) is 0 Å². The van der Waals surface area contributed by atoms with Gasteiger partial charge in [0.1, 0.15) is 17.3 Å². The molecule has 0 saturated carbocycles. The fourth-order valence-electron chi connectivity index (χ4n) is 1.77. The maximum absolute atomic E-state index is 13.7. The lowest BCUT2D eigenvalue weighted by molar-refractivity contribution is 0.190. The Hall–Kier alpha value is -2.38. The van der Waals surface area contributed by atoms with Gasteiger partial charge >= 0.3 is 0 Å². The number of nitriles is 1. The van der Waals surface area contributed by atoms with Crippen molar-refractivity contribution in [1.82, 2.24) is 0 Å². The average Bonchev–Trinajstić information content (AvgIpc) is 2.38. The van der Waals surface area contributed by atoms with Crippen LogP contribution in [0.1, 0.15) is 24.2 Å².